The Kier molecular flexibility index (Phi) is 5.05. The number of likely N-dealkylation sites (N-methyl/N-ethyl adjacent to an activating group) is 1. The summed E-state index contributed by atoms with van der Waals surface area (Å²) in [6.45, 7) is 3.99. The molecule has 1 amide bonds. The molecule has 0 bridgehead atoms. The molecule has 2 heterocycles. The van der Waals surface area contributed by atoms with Crippen molar-refractivity contribution in [1.82, 2.24) is 20.1 Å². The van der Waals surface area contributed by atoms with Crippen molar-refractivity contribution >= 4 is 17.2 Å². The van der Waals surface area contributed by atoms with Crippen molar-refractivity contribution in [2.24, 2.45) is 0 Å². The number of nitrogens with zero attached hydrogens (tertiary/aromatic N) is 3. The van der Waals surface area contributed by atoms with Gasteiger partial charge in [-0.15, -0.1) is 11.3 Å². The third-order valence-corrected chi connectivity index (χ3v) is 5.12. The number of carbonyl (C=O) groups excluding carboxylic acids is 1. The summed E-state index contributed by atoms with van der Waals surface area (Å²) in [5.74, 6) is -0.0353. The molecule has 1 aliphatic rings. The van der Waals surface area contributed by atoms with Crippen molar-refractivity contribution in [1.29, 1.82) is 0 Å². The number of piperazine rings is 1. The summed E-state index contributed by atoms with van der Waals surface area (Å²) in [7, 11) is 3.82. The van der Waals surface area contributed by atoms with Crippen molar-refractivity contribution in [2.45, 2.75) is 12.6 Å². The molecule has 1 aromatic heterocycles. The number of nitrogens with one attached hydrogen (secondary N) is 1. The van der Waals surface area contributed by atoms with Crippen LogP contribution in [-0.4, -0.2) is 54.4 Å². The number of rotatable bonds is 4. The Labute approximate surface area is 140 Å². The van der Waals surface area contributed by atoms with E-state index in [9.17, 15) is 4.79 Å². The number of hydrogen-bond acceptors (Lipinski definition) is 5. The average Bonchev–Trinajstić information content (AvgIpc) is 3.09. The van der Waals surface area contributed by atoms with Crippen molar-refractivity contribution in [3.05, 3.63) is 52.0 Å². The van der Waals surface area contributed by atoms with Crippen LogP contribution in [0, 0.1) is 0 Å². The number of hydrogen-bond donors (Lipinski definition) is 1. The molecule has 3 rings (SSSR count). The van der Waals surface area contributed by atoms with E-state index in [4.69, 9.17) is 0 Å². The minimum absolute atomic E-state index is 0.0353. The molecule has 1 atom stereocenters. The van der Waals surface area contributed by atoms with Gasteiger partial charge in [0.05, 0.1) is 5.51 Å². The minimum Gasteiger partial charge on any atom is -0.355 e. The number of carbonyl (C=O) groups is 1. The minimum atomic E-state index is -0.0353. The molecule has 1 aliphatic heterocycles. The van der Waals surface area contributed by atoms with Gasteiger partial charge in [-0.2, -0.15) is 0 Å². The van der Waals surface area contributed by atoms with Crippen LogP contribution in [0.2, 0.25) is 0 Å². The number of aromatic nitrogens is 1. The molecule has 0 spiro atoms. The van der Waals surface area contributed by atoms with Gasteiger partial charge in [0.15, 0.2) is 0 Å². The summed E-state index contributed by atoms with van der Waals surface area (Å²) in [5.41, 5.74) is 3.80. The Morgan fingerprint density at radius 1 is 1.43 bits per heavy atom. The van der Waals surface area contributed by atoms with Crippen LogP contribution in [0.1, 0.15) is 26.8 Å². The van der Waals surface area contributed by atoms with E-state index in [-0.39, 0.29) is 5.91 Å². The summed E-state index contributed by atoms with van der Waals surface area (Å²) in [6, 6.07) is 8.26. The van der Waals surface area contributed by atoms with E-state index >= 15 is 0 Å². The molecule has 0 radical (unpaired) electrons. The Morgan fingerprint density at radius 2 is 2.30 bits per heavy atom. The van der Waals surface area contributed by atoms with Crippen LogP contribution in [0.5, 0.6) is 0 Å². The van der Waals surface area contributed by atoms with Crippen LogP contribution in [0.25, 0.3) is 0 Å². The van der Waals surface area contributed by atoms with Crippen LogP contribution in [-0.2, 0) is 6.54 Å². The topological polar surface area (TPSA) is 48.5 Å². The largest absolute Gasteiger partial charge is 0.355 e. The van der Waals surface area contributed by atoms with E-state index in [1.54, 1.807) is 18.4 Å². The molecule has 1 N–H and O–H groups in total. The fraction of sp³-hybridized carbons (Fsp3) is 0.412. The maximum atomic E-state index is 11.9. The number of thiazole rings is 1. The van der Waals surface area contributed by atoms with Crippen LogP contribution >= 0.6 is 11.3 Å². The molecular weight excluding hydrogens is 308 g/mol. The second-order valence-corrected chi connectivity index (χ2v) is 6.87. The van der Waals surface area contributed by atoms with Crippen molar-refractivity contribution < 1.29 is 4.79 Å². The van der Waals surface area contributed by atoms with Gasteiger partial charge in [-0.3, -0.25) is 19.6 Å². The highest BCUT2D eigenvalue weighted by Gasteiger charge is 2.26. The van der Waals surface area contributed by atoms with Gasteiger partial charge >= 0.3 is 0 Å². The molecule has 2 aromatic rings. The average molecular weight is 330 g/mol. The van der Waals surface area contributed by atoms with Gasteiger partial charge in [0.1, 0.15) is 0 Å². The first-order valence-corrected chi connectivity index (χ1v) is 8.67. The molecule has 1 fully saturated rings. The zero-order valence-corrected chi connectivity index (χ0v) is 14.3. The second-order valence-electron chi connectivity index (χ2n) is 5.90. The van der Waals surface area contributed by atoms with Gasteiger partial charge in [0.2, 0.25) is 0 Å². The highest BCUT2D eigenvalue weighted by Crippen LogP contribution is 2.26. The fourth-order valence-corrected chi connectivity index (χ4v) is 3.64. The van der Waals surface area contributed by atoms with Crippen molar-refractivity contribution in [3.63, 3.8) is 0 Å². The highest BCUT2D eigenvalue weighted by molar-refractivity contribution is 7.09. The Hall–Kier alpha value is -1.76. The lowest BCUT2D eigenvalue weighted by molar-refractivity contribution is 0.0907. The first-order valence-electron chi connectivity index (χ1n) is 7.79. The maximum absolute atomic E-state index is 11.9. The molecule has 0 unspecified atom stereocenters. The lowest BCUT2D eigenvalue weighted by Gasteiger charge is -2.39. The monoisotopic (exact) mass is 330 g/mol. The Bertz CT molecular complexity index is 658. The Balaban J connectivity index is 1.76. The van der Waals surface area contributed by atoms with Crippen molar-refractivity contribution in [3.8, 4) is 0 Å². The summed E-state index contributed by atoms with van der Waals surface area (Å²) in [6.07, 6.45) is 1.95. The first-order chi connectivity index (χ1) is 11.2. The van der Waals surface area contributed by atoms with E-state index in [1.807, 2.05) is 29.9 Å². The predicted octanol–water partition coefficient (Wildman–Crippen LogP) is 1.99. The first kappa shape index (κ1) is 16.1. The molecule has 0 aliphatic carbocycles. The van der Waals surface area contributed by atoms with Crippen molar-refractivity contribution in [2.75, 3.05) is 33.7 Å². The lowest BCUT2D eigenvalue weighted by Crippen LogP contribution is -2.46. The summed E-state index contributed by atoms with van der Waals surface area (Å²) in [4.78, 5) is 22.2. The van der Waals surface area contributed by atoms with E-state index in [2.05, 4.69) is 33.2 Å². The van der Waals surface area contributed by atoms with Crippen LogP contribution in [0.3, 0.4) is 0 Å². The molecule has 5 nitrogen and oxygen atoms in total. The predicted molar refractivity (Wildman–Crippen MR) is 92.6 cm³/mol. The third-order valence-electron chi connectivity index (χ3n) is 4.36. The zero-order valence-electron chi connectivity index (χ0n) is 13.5. The smallest absolute Gasteiger partial charge is 0.251 e. The van der Waals surface area contributed by atoms with E-state index in [1.165, 1.54) is 10.4 Å². The second kappa shape index (κ2) is 7.21. The van der Waals surface area contributed by atoms with E-state index in [0.29, 0.717) is 6.04 Å². The molecule has 6 heteroatoms. The zero-order chi connectivity index (χ0) is 16.2. The van der Waals surface area contributed by atoms with Crippen LogP contribution < -0.4 is 5.32 Å². The quantitative estimate of drug-likeness (QED) is 0.931. The summed E-state index contributed by atoms with van der Waals surface area (Å²) in [5, 5.41) is 2.69. The lowest BCUT2D eigenvalue weighted by atomic mass is 10.00. The van der Waals surface area contributed by atoms with E-state index in [0.717, 1.165) is 31.7 Å². The molecule has 0 saturated carbocycles. The fourth-order valence-electron chi connectivity index (χ4n) is 3.01. The van der Waals surface area contributed by atoms with Gasteiger partial charge in [-0.1, -0.05) is 12.1 Å². The van der Waals surface area contributed by atoms with E-state index < -0.39 is 0 Å². The number of benzene rings is 1. The summed E-state index contributed by atoms with van der Waals surface area (Å²) >= 11 is 1.70. The molecule has 1 saturated heterocycles. The number of amides is 1. The molecule has 23 heavy (non-hydrogen) atoms. The Morgan fingerprint density at radius 3 is 3.04 bits per heavy atom. The SMILES string of the molecule is CNC(=O)c1cccc([C@H]2CN(Cc3cncs3)CCN2C)c1. The highest BCUT2D eigenvalue weighted by atomic mass is 32.1. The molecular formula is C17H22N4OS. The van der Waals surface area contributed by atoms with Gasteiger partial charge < -0.3 is 5.32 Å². The standard InChI is InChI=1S/C17H22N4OS/c1-18-17(22)14-5-3-4-13(8-14)16-11-21(7-6-20(16)2)10-15-9-19-12-23-15/h3-5,8-9,12,16H,6-7,10-11H2,1-2H3,(H,18,22)/t16-/m1/s1. The van der Waals surface area contributed by atoms with Gasteiger partial charge in [0.25, 0.3) is 5.91 Å². The maximum Gasteiger partial charge on any atom is 0.251 e. The molecule has 122 valence electrons. The normalized spacial score (nSPS) is 19.7. The summed E-state index contributed by atoms with van der Waals surface area (Å²) < 4.78 is 0. The van der Waals surface area contributed by atoms with Gasteiger partial charge in [-0.25, -0.2) is 0 Å². The van der Waals surface area contributed by atoms with Gasteiger partial charge in [0, 0.05) is 55.9 Å². The van der Waals surface area contributed by atoms with Gasteiger partial charge in [-0.05, 0) is 24.7 Å². The van der Waals surface area contributed by atoms with Crippen LogP contribution in [0.15, 0.2) is 36.0 Å². The van der Waals surface area contributed by atoms with Crippen LogP contribution in [0.4, 0.5) is 0 Å². The molecule has 1 aromatic carbocycles. The third kappa shape index (κ3) is 3.77.